The summed E-state index contributed by atoms with van der Waals surface area (Å²) in [5.41, 5.74) is 3.75. The topological polar surface area (TPSA) is 134 Å². The van der Waals surface area contributed by atoms with Gasteiger partial charge >= 0.3 is 5.97 Å². The molecule has 0 bridgehead atoms. The maximum Gasteiger partial charge on any atom is 0.326 e. The average Bonchev–Trinajstić information content (AvgIpc) is 3.01. The third kappa shape index (κ3) is 7.91. The van der Waals surface area contributed by atoms with Gasteiger partial charge in [-0.05, 0) is 58.7 Å². The Bertz CT molecular complexity index is 1500. The minimum Gasteiger partial charge on any atom is -0.507 e. The van der Waals surface area contributed by atoms with Gasteiger partial charge in [-0.1, -0.05) is 54.6 Å². The quantitative estimate of drug-likeness (QED) is 0.192. The Morgan fingerprint density at radius 3 is 1.63 bits per heavy atom. The van der Waals surface area contributed by atoms with Crippen molar-refractivity contribution in [2.75, 3.05) is 14.2 Å². The first-order chi connectivity index (χ1) is 20.7. The number of aliphatic carboxylic acids is 1. The molecule has 0 aliphatic rings. The number of phenolic OH excluding ortho intramolecular Hbond substituents is 1. The number of methoxy groups -OCH3 is 2. The highest BCUT2D eigenvalue weighted by Gasteiger charge is 2.27. The van der Waals surface area contributed by atoms with Crippen molar-refractivity contribution in [3.05, 3.63) is 102 Å². The predicted octanol–water partition coefficient (Wildman–Crippen LogP) is 4.60. The molecule has 0 radical (unpaired) electrons. The van der Waals surface area contributed by atoms with Crippen molar-refractivity contribution >= 4 is 17.8 Å². The lowest BCUT2D eigenvalue weighted by Crippen LogP contribution is -2.52. The molecule has 0 aliphatic heterocycles. The highest BCUT2D eigenvalue weighted by atomic mass is 16.5. The molecule has 0 aromatic heterocycles. The predicted molar refractivity (Wildman–Crippen MR) is 163 cm³/mol. The largest absolute Gasteiger partial charge is 0.507 e. The van der Waals surface area contributed by atoms with Crippen molar-refractivity contribution < 1.29 is 34.1 Å². The third-order valence-electron chi connectivity index (χ3n) is 7.00. The van der Waals surface area contributed by atoms with E-state index in [1.54, 1.807) is 74.9 Å². The summed E-state index contributed by atoms with van der Waals surface area (Å²) in [5.74, 6) is -0.950. The molecule has 0 fully saturated rings. The number of phenols is 1. The number of hydrogen-bond acceptors (Lipinski definition) is 6. The zero-order valence-corrected chi connectivity index (χ0v) is 24.2. The number of nitrogens with one attached hydrogen (secondary N) is 2. The van der Waals surface area contributed by atoms with Gasteiger partial charge in [-0.3, -0.25) is 9.59 Å². The lowest BCUT2D eigenvalue weighted by Gasteiger charge is -2.22. The van der Waals surface area contributed by atoms with E-state index in [4.69, 9.17) is 9.47 Å². The number of carbonyl (C=O) groups excluding carboxylic acids is 2. The molecule has 4 aromatic rings. The molecule has 0 saturated carbocycles. The minimum absolute atomic E-state index is 0.0172. The van der Waals surface area contributed by atoms with Crippen molar-refractivity contribution in [3.63, 3.8) is 0 Å². The number of ether oxygens (including phenoxy) is 2. The Morgan fingerprint density at radius 2 is 1.19 bits per heavy atom. The molecule has 9 nitrogen and oxygen atoms in total. The van der Waals surface area contributed by atoms with Gasteiger partial charge in [-0.2, -0.15) is 0 Å². The molecule has 4 rings (SSSR count). The van der Waals surface area contributed by atoms with Gasteiger partial charge in [0.15, 0.2) is 0 Å². The van der Waals surface area contributed by atoms with Gasteiger partial charge in [-0.15, -0.1) is 0 Å². The van der Waals surface area contributed by atoms with E-state index in [0.717, 1.165) is 5.56 Å². The Kier molecular flexibility index (Phi) is 10.0. The van der Waals surface area contributed by atoms with E-state index >= 15 is 0 Å². The summed E-state index contributed by atoms with van der Waals surface area (Å²) in [4.78, 5) is 37.5. The SMILES string of the molecule is COc1ccc(-c2cc(C[C@H](NC(=O)[C@H](Cc3ccccc3)NC(C)=O)C(=O)O)cc(-c3ccc(OC)cc3)c2O)cc1. The zero-order chi connectivity index (χ0) is 30.9. The first-order valence-corrected chi connectivity index (χ1v) is 13.7. The number of hydrogen-bond donors (Lipinski definition) is 4. The fraction of sp³-hybridized carbons (Fsp3) is 0.206. The summed E-state index contributed by atoms with van der Waals surface area (Å²) in [6.45, 7) is 1.30. The highest BCUT2D eigenvalue weighted by molar-refractivity contribution is 5.90. The summed E-state index contributed by atoms with van der Waals surface area (Å²) in [6.07, 6.45) is 0.118. The van der Waals surface area contributed by atoms with E-state index in [1.165, 1.54) is 6.92 Å². The summed E-state index contributed by atoms with van der Waals surface area (Å²) >= 11 is 0. The Labute approximate surface area is 250 Å². The highest BCUT2D eigenvalue weighted by Crippen LogP contribution is 2.40. The fourth-order valence-electron chi connectivity index (χ4n) is 4.81. The lowest BCUT2D eigenvalue weighted by molar-refractivity contribution is -0.142. The van der Waals surface area contributed by atoms with Crippen LogP contribution in [0.3, 0.4) is 0 Å². The number of rotatable bonds is 12. The van der Waals surface area contributed by atoms with Crippen LogP contribution in [0.1, 0.15) is 18.1 Å². The van der Waals surface area contributed by atoms with Crippen LogP contribution in [0.4, 0.5) is 0 Å². The molecule has 0 spiro atoms. The van der Waals surface area contributed by atoms with Crippen LogP contribution < -0.4 is 20.1 Å². The molecule has 4 N–H and O–H groups in total. The van der Waals surface area contributed by atoms with Crippen molar-refractivity contribution in [2.45, 2.75) is 31.8 Å². The van der Waals surface area contributed by atoms with Gasteiger partial charge in [0.25, 0.3) is 0 Å². The molecule has 0 heterocycles. The monoisotopic (exact) mass is 582 g/mol. The van der Waals surface area contributed by atoms with Crippen LogP contribution in [0, 0.1) is 0 Å². The summed E-state index contributed by atoms with van der Waals surface area (Å²) < 4.78 is 10.5. The molecule has 2 atom stereocenters. The smallest absolute Gasteiger partial charge is 0.326 e. The number of carbonyl (C=O) groups is 3. The Hall–Kier alpha value is -5.31. The molecular formula is C34H34N2O7. The molecule has 2 amide bonds. The van der Waals surface area contributed by atoms with E-state index in [1.807, 2.05) is 30.3 Å². The van der Waals surface area contributed by atoms with E-state index in [-0.39, 0.29) is 18.6 Å². The fourth-order valence-corrected chi connectivity index (χ4v) is 4.81. The second kappa shape index (κ2) is 14.0. The van der Waals surface area contributed by atoms with Gasteiger partial charge in [0.2, 0.25) is 11.8 Å². The van der Waals surface area contributed by atoms with E-state index in [0.29, 0.717) is 39.3 Å². The van der Waals surface area contributed by atoms with Crippen molar-refractivity contribution in [1.29, 1.82) is 0 Å². The number of amides is 2. The normalized spacial score (nSPS) is 12.1. The molecule has 4 aromatic carbocycles. The zero-order valence-electron chi connectivity index (χ0n) is 24.2. The van der Waals surface area contributed by atoms with Crippen LogP contribution >= 0.6 is 0 Å². The minimum atomic E-state index is -1.31. The molecular weight excluding hydrogens is 548 g/mol. The van der Waals surface area contributed by atoms with Gasteiger partial charge in [0.1, 0.15) is 29.3 Å². The molecule has 0 aliphatic carbocycles. The van der Waals surface area contributed by atoms with Crippen LogP contribution in [0.2, 0.25) is 0 Å². The maximum absolute atomic E-state index is 13.3. The van der Waals surface area contributed by atoms with Crippen molar-refractivity contribution in [1.82, 2.24) is 10.6 Å². The second-order valence-corrected chi connectivity index (χ2v) is 10.0. The van der Waals surface area contributed by atoms with E-state index in [9.17, 15) is 24.6 Å². The first-order valence-electron chi connectivity index (χ1n) is 13.7. The molecule has 9 heteroatoms. The van der Waals surface area contributed by atoms with Crippen LogP contribution in [0.15, 0.2) is 91.0 Å². The van der Waals surface area contributed by atoms with Gasteiger partial charge in [-0.25, -0.2) is 4.79 Å². The molecule has 43 heavy (non-hydrogen) atoms. The molecule has 0 unspecified atom stereocenters. The number of benzene rings is 4. The number of carboxylic acid groups (broad SMARTS) is 1. The average molecular weight is 583 g/mol. The second-order valence-electron chi connectivity index (χ2n) is 10.0. The van der Waals surface area contributed by atoms with Gasteiger partial charge < -0.3 is 30.3 Å². The van der Waals surface area contributed by atoms with Gasteiger partial charge in [0.05, 0.1) is 14.2 Å². The van der Waals surface area contributed by atoms with E-state index in [2.05, 4.69) is 10.6 Å². The standard InChI is InChI=1S/C34H34N2O7/c1-21(37)35-30(19-22-7-5-4-6-8-22)33(39)36-31(34(40)41)20-23-17-28(24-9-13-26(42-2)14-10-24)32(38)29(18-23)25-11-15-27(43-3)16-12-25/h4-18,30-31,38H,19-20H2,1-3H3,(H,35,37)(H,36,39)(H,40,41)/t30-,31-/m0/s1. The van der Waals surface area contributed by atoms with Crippen LogP contribution in [0.25, 0.3) is 22.3 Å². The summed E-state index contributed by atoms with van der Waals surface area (Å²) in [7, 11) is 3.12. The Balaban J connectivity index is 1.69. The van der Waals surface area contributed by atoms with Crippen molar-refractivity contribution in [2.24, 2.45) is 0 Å². The van der Waals surface area contributed by atoms with Crippen LogP contribution in [0.5, 0.6) is 17.2 Å². The third-order valence-corrected chi connectivity index (χ3v) is 7.00. The van der Waals surface area contributed by atoms with Crippen molar-refractivity contribution in [3.8, 4) is 39.5 Å². The summed E-state index contributed by atoms with van der Waals surface area (Å²) in [6, 6.07) is 24.6. The molecule has 0 saturated heterocycles. The first kappa shape index (κ1) is 30.6. The number of aromatic hydroxyl groups is 1. The maximum atomic E-state index is 13.3. The van der Waals surface area contributed by atoms with Crippen LogP contribution in [-0.2, 0) is 27.2 Å². The summed E-state index contributed by atoms with van der Waals surface area (Å²) in [5, 5.41) is 26.7. The lowest BCUT2D eigenvalue weighted by atomic mass is 9.92. The van der Waals surface area contributed by atoms with Crippen LogP contribution in [-0.4, -0.2) is 54.3 Å². The van der Waals surface area contributed by atoms with E-state index < -0.39 is 29.9 Å². The number of carboxylic acids is 1. The van der Waals surface area contributed by atoms with Gasteiger partial charge in [0, 0.05) is 30.9 Å². The Morgan fingerprint density at radius 1 is 0.698 bits per heavy atom. The molecule has 222 valence electrons.